The number of aryl methyl sites for hydroxylation is 2. The van der Waals surface area contributed by atoms with E-state index in [1.165, 1.54) is 0 Å². The molecule has 4 heterocycles. The lowest BCUT2D eigenvalue weighted by atomic mass is 10.2. The number of halogens is 1. The number of nitrogens with zero attached hydrogens (tertiary/aromatic N) is 6. The first-order chi connectivity index (χ1) is 13.5. The molecule has 0 bridgehead atoms. The van der Waals surface area contributed by atoms with Crippen LogP contribution in [-0.2, 0) is 0 Å². The Hall–Kier alpha value is -3.25. The molecule has 0 atom stereocenters. The molecule has 0 aliphatic rings. The Balaban J connectivity index is 1.79. The van der Waals surface area contributed by atoms with E-state index < -0.39 is 0 Å². The van der Waals surface area contributed by atoms with E-state index in [1.807, 2.05) is 49.4 Å². The number of pyridine rings is 1. The summed E-state index contributed by atoms with van der Waals surface area (Å²) in [5.41, 5.74) is 5.69. The average Bonchev–Trinajstić information content (AvgIpc) is 3.22. The third kappa shape index (κ3) is 2.49. The molecule has 0 saturated heterocycles. The highest BCUT2D eigenvalue weighted by Crippen LogP contribution is 2.30. The zero-order valence-electron chi connectivity index (χ0n) is 15.7. The van der Waals surface area contributed by atoms with Gasteiger partial charge in [0.25, 0.3) is 0 Å². The molecule has 0 aliphatic carbocycles. The molecule has 0 radical (unpaired) electrons. The molecular weight excluding hydrogens is 372 g/mol. The van der Waals surface area contributed by atoms with Crippen molar-refractivity contribution < 1.29 is 0 Å². The SMILES string of the molecule is Cc1cccc(-n2c(C)c(C)c3c2ncn2nc(-c4ccc(Cl)cc4)nc32)n1. The van der Waals surface area contributed by atoms with E-state index in [2.05, 4.69) is 33.5 Å². The van der Waals surface area contributed by atoms with Gasteiger partial charge in [0, 0.05) is 22.0 Å². The fraction of sp³-hybridized carbons (Fsp3) is 0.143. The minimum Gasteiger partial charge on any atom is -0.282 e. The molecule has 0 unspecified atom stereocenters. The fourth-order valence-electron chi connectivity index (χ4n) is 3.52. The molecule has 0 N–H and O–H groups in total. The number of aromatic nitrogens is 6. The lowest BCUT2D eigenvalue weighted by molar-refractivity contribution is 0.916. The van der Waals surface area contributed by atoms with E-state index >= 15 is 0 Å². The van der Waals surface area contributed by atoms with Crippen LogP contribution in [0.4, 0.5) is 0 Å². The van der Waals surface area contributed by atoms with Crippen molar-refractivity contribution in [3.8, 4) is 17.2 Å². The van der Waals surface area contributed by atoms with Crippen LogP contribution in [0.5, 0.6) is 0 Å². The highest BCUT2D eigenvalue weighted by atomic mass is 35.5. The molecule has 0 amide bonds. The zero-order valence-corrected chi connectivity index (χ0v) is 16.4. The van der Waals surface area contributed by atoms with Gasteiger partial charge in [-0.3, -0.25) is 4.57 Å². The third-order valence-corrected chi connectivity index (χ3v) is 5.29. The van der Waals surface area contributed by atoms with Crippen molar-refractivity contribution >= 4 is 28.3 Å². The number of rotatable bonds is 2. The summed E-state index contributed by atoms with van der Waals surface area (Å²) < 4.78 is 3.81. The molecule has 0 saturated carbocycles. The number of hydrogen-bond donors (Lipinski definition) is 0. The van der Waals surface area contributed by atoms with Crippen molar-refractivity contribution in [3.63, 3.8) is 0 Å². The first kappa shape index (κ1) is 16.9. The summed E-state index contributed by atoms with van der Waals surface area (Å²) >= 11 is 6.00. The normalized spacial score (nSPS) is 11.6. The second-order valence-electron chi connectivity index (χ2n) is 6.84. The summed E-state index contributed by atoms with van der Waals surface area (Å²) in [6.07, 6.45) is 1.70. The lowest BCUT2D eigenvalue weighted by Crippen LogP contribution is -2.02. The van der Waals surface area contributed by atoms with Crippen LogP contribution in [0, 0.1) is 20.8 Å². The Bertz CT molecular complexity index is 1350. The monoisotopic (exact) mass is 388 g/mol. The van der Waals surface area contributed by atoms with Crippen LogP contribution < -0.4 is 0 Å². The van der Waals surface area contributed by atoms with Gasteiger partial charge in [0.1, 0.15) is 12.1 Å². The van der Waals surface area contributed by atoms with E-state index in [0.717, 1.165) is 45.0 Å². The molecule has 0 fully saturated rings. The van der Waals surface area contributed by atoms with Crippen molar-refractivity contribution in [2.45, 2.75) is 20.8 Å². The predicted octanol–water partition coefficient (Wildman–Crippen LogP) is 4.71. The molecule has 6 nitrogen and oxygen atoms in total. The lowest BCUT2D eigenvalue weighted by Gasteiger charge is -2.07. The maximum Gasteiger partial charge on any atom is 0.182 e. The number of fused-ring (bicyclic) bond motifs is 3. The van der Waals surface area contributed by atoms with Crippen molar-refractivity contribution in [2.24, 2.45) is 0 Å². The first-order valence-corrected chi connectivity index (χ1v) is 9.33. The fourth-order valence-corrected chi connectivity index (χ4v) is 3.64. The van der Waals surface area contributed by atoms with Crippen LogP contribution in [0.3, 0.4) is 0 Å². The Morgan fingerprint density at radius 3 is 2.43 bits per heavy atom. The second-order valence-corrected chi connectivity index (χ2v) is 7.27. The van der Waals surface area contributed by atoms with Crippen LogP contribution >= 0.6 is 11.6 Å². The van der Waals surface area contributed by atoms with Crippen molar-refractivity contribution in [1.82, 2.24) is 29.1 Å². The van der Waals surface area contributed by atoms with Gasteiger partial charge in [0.05, 0.1) is 5.39 Å². The molecule has 4 aromatic heterocycles. The van der Waals surface area contributed by atoms with Crippen LogP contribution in [0.2, 0.25) is 5.02 Å². The minimum atomic E-state index is 0.643. The van der Waals surface area contributed by atoms with E-state index in [9.17, 15) is 0 Å². The standard InChI is InChI=1S/C21H17ClN6/c1-12-5-4-6-17(24-12)28-14(3)13(2)18-20(28)23-11-27-21(18)25-19(26-27)15-7-9-16(22)10-8-15/h4-11H,1-3H3. The Morgan fingerprint density at radius 1 is 0.893 bits per heavy atom. The van der Waals surface area contributed by atoms with Crippen molar-refractivity contribution in [1.29, 1.82) is 0 Å². The molecule has 0 spiro atoms. The summed E-state index contributed by atoms with van der Waals surface area (Å²) in [5.74, 6) is 1.49. The summed E-state index contributed by atoms with van der Waals surface area (Å²) in [6, 6.07) is 13.5. The molecule has 5 rings (SSSR count). The number of benzene rings is 1. The molecule has 5 aromatic rings. The van der Waals surface area contributed by atoms with Crippen LogP contribution in [-0.4, -0.2) is 29.1 Å². The maximum atomic E-state index is 6.00. The van der Waals surface area contributed by atoms with Gasteiger partial charge in [0.15, 0.2) is 17.1 Å². The molecule has 0 aliphatic heterocycles. The Kier molecular flexibility index (Phi) is 3.70. The molecule has 1 aromatic carbocycles. The van der Waals surface area contributed by atoms with Gasteiger partial charge < -0.3 is 0 Å². The molecular formula is C21H17ClN6. The molecule has 7 heteroatoms. The van der Waals surface area contributed by atoms with E-state index in [4.69, 9.17) is 16.6 Å². The van der Waals surface area contributed by atoms with Gasteiger partial charge >= 0.3 is 0 Å². The highest BCUT2D eigenvalue weighted by Gasteiger charge is 2.19. The van der Waals surface area contributed by atoms with E-state index in [1.54, 1.807) is 10.8 Å². The van der Waals surface area contributed by atoms with E-state index in [-0.39, 0.29) is 0 Å². The van der Waals surface area contributed by atoms with Crippen molar-refractivity contribution in [2.75, 3.05) is 0 Å². The van der Waals surface area contributed by atoms with Gasteiger partial charge in [-0.25, -0.2) is 19.5 Å². The van der Waals surface area contributed by atoms with Gasteiger partial charge in [0.2, 0.25) is 0 Å². The van der Waals surface area contributed by atoms with Gasteiger partial charge in [-0.2, -0.15) is 0 Å². The smallest absolute Gasteiger partial charge is 0.182 e. The maximum absolute atomic E-state index is 6.00. The second kappa shape index (κ2) is 6.14. The van der Waals surface area contributed by atoms with Crippen LogP contribution in [0.25, 0.3) is 33.9 Å². The summed E-state index contributed by atoms with van der Waals surface area (Å²) in [5, 5.41) is 6.27. The topological polar surface area (TPSA) is 60.9 Å². The van der Waals surface area contributed by atoms with E-state index in [0.29, 0.717) is 10.8 Å². The summed E-state index contributed by atoms with van der Waals surface area (Å²) in [6.45, 7) is 6.15. The van der Waals surface area contributed by atoms with Crippen molar-refractivity contribution in [3.05, 3.63) is 70.8 Å². The summed E-state index contributed by atoms with van der Waals surface area (Å²) in [7, 11) is 0. The Morgan fingerprint density at radius 2 is 1.68 bits per heavy atom. The first-order valence-electron chi connectivity index (χ1n) is 8.96. The van der Waals surface area contributed by atoms with Crippen LogP contribution in [0.1, 0.15) is 17.0 Å². The minimum absolute atomic E-state index is 0.643. The van der Waals surface area contributed by atoms with Gasteiger partial charge in [-0.05, 0) is 62.7 Å². The highest BCUT2D eigenvalue weighted by molar-refractivity contribution is 6.30. The van der Waals surface area contributed by atoms with Crippen LogP contribution in [0.15, 0.2) is 48.8 Å². The Labute approximate surface area is 166 Å². The third-order valence-electron chi connectivity index (χ3n) is 5.04. The summed E-state index contributed by atoms with van der Waals surface area (Å²) in [4.78, 5) is 14.2. The van der Waals surface area contributed by atoms with Gasteiger partial charge in [-0.15, -0.1) is 5.10 Å². The number of hydrogen-bond acceptors (Lipinski definition) is 4. The predicted molar refractivity (Wildman–Crippen MR) is 110 cm³/mol. The molecule has 28 heavy (non-hydrogen) atoms. The zero-order chi connectivity index (χ0) is 19.4. The molecule has 138 valence electrons. The quantitative estimate of drug-likeness (QED) is 0.439. The largest absolute Gasteiger partial charge is 0.282 e. The van der Waals surface area contributed by atoms with Gasteiger partial charge in [-0.1, -0.05) is 17.7 Å². The average molecular weight is 389 g/mol.